The van der Waals surface area contributed by atoms with Crippen LogP contribution >= 0.6 is 11.3 Å². The van der Waals surface area contributed by atoms with Crippen molar-refractivity contribution in [2.75, 3.05) is 0 Å². The number of hydrogen-bond donors (Lipinski definition) is 0. The fourth-order valence-corrected chi connectivity index (χ4v) is 10.4. The zero-order valence-corrected chi connectivity index (χ0v) is 29.0. The van der Waals surface area contributed by atoms with Crippen LogP contribution in [0.2, 0.25) is 0 Å². The number of thiophene rings is 1. The summed E-state index contributed by atoms with van der Waals surface area (Å²) in [4.78, 5) is 0. The SMILES string of the molecule is Cc1cc(C)cc(-c2c3ccccc3c(-c3ccc4c(c3)C(C)(C)c3cc(C)c5c(sc6cc(C)cc(C)c65)c3-4)c3ccccc23)c1. The lowest BCUT2D eigenvalue weighted by atomic mass is 9.80. The number of rotatable bonds is 2. The molecule has 228 valence electrons. The van der Waals surface area contributed by atoms with Crippen molar-refractivity contribution in [3.8, 4) is 33.4 Å². The van der Waals surface area contributed by atoms with E-state index in [4.69, 9.17) is 0 Å². The maximum absolute atomic E-state index is 2.52. The Morgan fingerprint density at radius 1 is 0.468 bits per heavy atom. The average molecular weight is 623 g/mol. The zero-order valence-electron chi connectivity index (χ0n) is 28.2. The molecule has 0 bridgehead atoms. The highest BCUT2D eigenvalue weighted by Gasteiger charge is 2.38. The molecule has 0 fully saturated rings. The van der Waals surface area contributed by atoms with Crippen LogP contribution in [0.25, 0.3) is 75.1 Å². The lowest BCUT2D eigenvalue weighted by molar-refractivity contribution is 0.660. The summed E-state index contributed by atoms with van der Waals surface area (Å²) in [5.41, 5.74) is 17.5. The largest absolute Gasteiger partial charge is 0.134 e. The molecule has 9 rings (SSSR count). The van der Waals surface area contributed by atoms with Crippen LogP contribution in [-0.4, -0.2) is 0 Å². The molecule has 1 aliphatic rings. The quantitative estimate of drug-likeness (QED) is 0.168. The van der Waals surface area contributed by atoms with Crippen LogP contribution in [0.3, 0.4) is 0 Å². The molecular formula is C46H38S. The second-order valence-electron chi connectivity index (χ2n) is 14.5. The van der Waals surface area contributed by atoms with E-state index < -0.39 is 0 Å². The first kappa shape index (κ1) is 28.5. The van der Waals surface area contributed by atoms with E-state index in [1.807, 2.05) is 11.3 Å². The highest BCUT2D eigenvalue weighted by atomic mass is 32.1. The van der Waals surface area contributed by atoms with E-state index >= 15 is 0 Å². The summed E-state index contributed by atoms with van der Waals surface area (Å²) >= 11 is 1.98. The Bertz CT molecular complexity index is 2570. The van der Waals surface area contributed by atoms with Gasteiger partial charge in [-0.15, -0.1) is 11.3 Å². The molecule has 0 amide bonds. The number of benzene rings is 7. The van der Waals surface area contributed by atoms with Gasteiger partial charge < -0.3 is 0 Å². The molecule has 0 atom stereocenters. The van der Waals surface area contributed by atoms with Crippen molar-refractivity contribution in [1.82, 2.24) is 0 Å². The van der Waals surface area contributed by atoms with Crippen LogP contribution in [0.5, 0.6) is 0 Å². The van der Waals surface area contributed by atoms with Gasteiger partial charge in [-0.2, -0.15) is 0 Å². The second kappa shape index (κ2) is 9.89. The van der Waals surface area contributed by atoms with E-state index in [1.54, 1.807) is 0 Å². The molecule has 1 heterocycles. The minimum absolute atomic E-state index is 0.106. The molecule has 1 aromatic heterocycles. The van der Waals surface area contributed by atoms with Crippen molar-refractivity contribution in [2.45, 2.75) is 53.9 Å². The minimum atomic E-state index is -0.106. The Morgan fingerprint density at radius 2 is 1.02 bits per heavy atom. The molecule has 0 N–H and O–H groups in total. The zero-order chi connectivity index (χ0) is 32.4. The van der Waals surface area contributed by atoms with Gasteiger partial charge in [0, 0.05) is 31.2 Å². The number of aryl methyl sites for hydroxylation is 5. The molecule has 7 aromatic carbocycles. The molecule has 0 aliphatic heterocycles. The summed E-state index contributed by atoms with van der Waals surface area (Å²) in [6.07, 6.45) is 0. The van der Waals surface area contributed by atoms with Crippen LogP contribution < -0.4 is 0 Å². The van der Waals surface area contributed by atoms with Gasteiger partial charge in [0.05, 0.1) is 0 Å². The normalized spacial score (nSPS) is 13.6. The fourth-order valence-electron chi connectivity index (χ4n) is 8.85. The van der Waals surface area contributed by atoms with Gasteiger partial charge in [0.2, 0.25) is 0 Å². The Balaban J connectivity index is 1.34. The van der Waals surface area contributed by atoms with Crippen molar-refractivity contribution in [3.63, 3.8) is 0 Å². The van der Waals surface area contributed by atoms with Crippen LogP contribution in [0.15, 0.2) is 103 Å². The van der Waals surface area contributed by atoms with E-state index in [1.165, 1.54) is 114 Å². The average Bonchev–Trinajstić information content (AvgIpc) is 3.52. The van der Waals surface area contributed by atoms with E-state index in [0.29, 0.717) is 0 Å². The van der Waals surface area contributed by atoms with Gasteiger partial charge in [-0.25, -0.2) is 0 Å². The summed E-state index contributed by atoms with van der Waals surface area (Å²) < 4.78 is 2.84. The standard InChI is InChI=1S/C46H38S/c1-25-18-26(2)21-31(20-25)43-34-14-10-8-12-32(34)42(33-13-9-11-15-35(33)43)30-16-17-36-37(24-30)46(6,7)38-23-29(5)41-40-28(4)19-27(3)22-39(40)47-45(41)44(36)38/h8-24H,1-7H3. The summed E-state index contributed by atoms with van der Waals surface area (Å²) in [6.45, 7) is 16.1. The van der Waals surface area contributed by atoms with Gasteiger partial charge in [-0.05, 0) is 124 Å². The monoisotopic (exact) mass is 622 g/mol. The van der Waals surface area contributed by atoms with Crippen molar-refractivity contribution >= 4 is 53.1 Å². The summed E-state index contributed by atoms with van der Waals surface area (Å²) in [6, 6.07) is 39.6. The Hall–Kier alpha value is -4.72. The maximum atomic E-state index is 2.52. The van der Waals surface area contributed by atoms with Crippen LogP contribution in [0.4, 0.5) is 0 Å². The lowest BCUT2D eigenvalue weighted by Gasteiger charge is -2.23. The van der Waals surface area contributed by atoms with Gasteiger partial charge in [-0.3, -0.25) is 0 Å². The first-order chi connectivity index (χ1) is 22.6. The van der Waals surface area contributed by atoms with Gasteiger partial charge in [0.1, 0.15) is 0 Å². The minimum Gasteiger partial charge on any atom is -0.134 e. The molecule has 0 radical (unpaired) electrons. The summed E-state index contributed by atoms with van der Waals surface area (Å²) in [7, 11) is 0. The molecule has 1 aliphatic carbocycles. The Kier molecular flexibility index (Phi) is 6.00. The van der Waals surface area contributed by atoms with Gasteiger partial charge in [0.25, 0.3) is 0 Å². The second-order valence-corrected chi connectivity index (χ2v) is 15.5. The molecule has 1 heteroatoms. The molecule has 8 aromatic rings. The van der Waals surface area contributed by atoms with Crippen LogP contribution in [0.1, 0.15) is 52.8 Å². The maximum Gasteiger partial charge on any atom is 0.0439 e. The third kappa shape index (κ3) is 3.99. The molecule has 0 spiro atoms. The number of hydrogen-bond acceptors (Lipinski definition) is 1. The highest BCUT2D eigenvalue weighted by Crippen LogP contribution is 2.56. The summed E-state index contributed by atoms with van der Waals surface area (Å²) in [5, 5.41) is 8.10. The van der Waals surface area contributed by atoms with Crippen LogP contribution in [-0.2, 0) is 5.41 Å². The van der Waals surface area contributed by atoms with Gasteiger partial charge in [0.15, 0.2) is 0 Å². The third-order valence-corrected chi connectivity index (χ3v) is 11.9. The molecule has 0 saturated carbocycles. The molecular weight excluding hydrogens is 585 g/mol. The third-order valence-electron chi connectivity index (χ3n) is 10.8. The molecule has 0 saturated heterocycles. The predicted molar refractivity (Wildman–Crippen MR) is 206 cm³/mol. The first-order valence-corrected chi connectivity index (χ1v) is 17.6. The predicted octanol–water partition coefficient (Wildman–Crippen LogP) is 13.5. The smallest absolute Gasteiger partial charge is 0.0439 e. The first-order valence-electron chi connectivity index (χ1n) is 16.8. The molecule has 0 unspecified atom stereocenters. The van der Waals surface area contributed by atoms with Gasteiger partial charge in [-0.1, -0.05) is 116 Å². The fraction of sp³-hybridized carbons (Fsp3) is 0.174. The molecule has 0 nitrogen and oxygen atoms in total. The lowest BCUT2D eigenvalue weighted by Crippen LogP contribution is -2.15. The Labute approximate surface area is 281 Å². The van der Waals surface area contributed by atoms with Crippen molar-refractivity contribution in [2.24, 2.45) is 0 Å². The van der Waals surface area contributed by atoms with E-state index in [-0.39, 0.29) is 5.41 Å². The van der Waals surface area contributed by atoms with Gasteiger partial charge >= 0.3 is 0 Å². The topological polar surface area (TPSA) is 0 Å². The number of fused-ring (bicyclic) bond motifs is 9. The Morgan fingerprint density at radius 3 is 1.64 bits per heavy atom. The van der Waals surface area contributed by atoms with E-state index in [2.05, 4.69) is 152 Å². The van der Waals surface area contributed by atoms with Crippen molar-refractivity contribution in [3.05, 3.63) is 142 Å². The van der Waals surface area contributed by atoms with Crippen LogP contribution in [0, 0.1) is 34.6 Å². The van der Waals surface area contributed by atoms with Crippen molar-refractivity contribution in [1.29, 1.82) is 0 Å². The molecule has 47 heavy (non-hydrogen) atoms. The van der Waals surface area contributed by atoms with Crippen molar-refractivity contribution < 1.29 is 0 Å². The summed E-state index contributed by atoms with van der Waals surface area (Å²) in [5.74, 6) is 0. The van der Waals surface area contributed by atoms with E-state index in [0.717, 1.165) is 0 Å². The highest BCUT2D eigenvalue weighted by molar-refractivity contribution is 7.26. The van der Waals surface area contributed by atoms with E-state index in [9.17, 15) is 0 Å².